The van der Waals surface area contributed by atoms with Crippen molar-refractivity contribution in [3.8, 4) is 11.5 Å². The lowest BCUT2D eigenvalue weighted by atomic mass is 10.2. The zero-order valence-electron chi connectivity index (χ0n) is 16.2. The van der Waals surface area contributed by atoms with Gasteiger partial charge in [-0.1, -0.05) is 24.3 Å². The molecule has 150 valence electrons. The fourth-order valence-electron chi connectivity index (χ4n) is 3.03. The molecule has 0 bridgehead atoms. The Balaban J connectivity index is 1.57. The number of benzene rings is 2. The van der Waals surface area contributed by atoms with Gasteiger partial charge in [0.1, 0.15) is 12.4 Å². The van der Waals surface area contributed by atoms with Gasteiger partial charge in [0.2, 0.25) is 0 Å². The number of para-hydroxylation sites is 1. The molecule has 0 saturated heterocycles. The van der Waals surface area contributed by atoms with Gasteiger partial charge in [-0.2, -0.15) is 0 Å². The molecule has 2 aromatic heterocycles. The quantitative estimate of drug-likeness (QED) is 0.476. The van der Waals surface area contributed by atoms with Crippen molar-refractivity contribution in [1.82, 2.24) is 15.0 Å². The highest BCUT2D eigenvalue weighted by Gasteiger charge is 2.11. The maximum atomic E-state index is 11.4. The van der Waals surface area contributed by atoms with E-state index in [1.165, 1.54) is 0 Å². The fourth-order valence-corrected chi connectivity index (χ4v) is 3.03. The largest absolute Gasteiger partial charge is 0.493 e. The molecule has 0 aliphatic carbocycles. The molecule has 7 heteroatoms. The van der Waals surface area contributed by atoms with Gasteiger partial charge in [0, 0.05) is 6.20 Å². The monoisotopic (exact) mass is 401 g/mol. The molecule has 2 heterocycles. The first-order valence-corrected chi connectivity index (χ1v) is 9.25. The SMILES string of the molecule is COc1ccc(C=Cc2nc3cccc(C(=O)O)c3[nH]2)cc1OCc1ccccn1. The molecular formula is C23H19N3O4. The van der Waals surface area contributed by atoms with Crippen LogP contribution in [-0.2, 0) is 6.61 Å². The number of hydrogen-bond acceptors (Lipinski definition) is 5. The second-order valence-electron chi connectivity index (χ2n) is 6.48. The number of nitrogens with zero attached hydrogens (tertiary/aromatic N) is 2. The third kappa shape index (κ3) is 4.15. The lowest BCUT2D eigenvalue weighted by Gasteiger charge is -2.11. The van der Waals surface area contributed by atoms with Gasteiger partial charge in [0.15, 0.2) is 11.5 Å². The Bertz CT molecular complexity index is 1220. The van der Waals surface area contributed by atoms with E-state index in [0.717, 1.165) is 11.3 Å². The van der Waals surface area contributed by atoms with Crippen molar-refractivity contribution in [2.24, 2.45) is 0 Å². The van der Waals surface area contributed by atoms with Crippen LogP contribution in [0.1, 0.15) is 27.4 Å². The predicted octanol–water partition coefficient (Wildman–Crippen LogP) is 4.41. The fraction of sp³-hybridized carbons (Fsp3) is 0.0870. The number of carbonyl (C=O) groups is 1. The first-order chi connectivity index (χ1) is 14.6. The van der Waals surface area contributed by atoms with Crippen LogP contribution < -0.4 is 9.47 Å². The molecule has 0 spiro atoms. The molecular weight excluding hydrogens is 382 g/mol. The third-order valence-corrected chi connectivity index (χ3v) is 4.49. The van der Waals surface area contributed by atoms with Gasteiger partial charge in [-0.05, 0) is 48.0 Å². The summed E-state index contributed by atoms with van der Waals surface area (Å²) in [5.41, 5.74) is 2.99. The molecule has 2 N–H and O–H groups in total. The first-order valence-electron chi connectivity index (χ1n) is 9.25. The van der Waals surface area contributed by atoms with Crippen molar-refractivity contribution < 1.29 is 19.4 Å². The Morgan fingerprint density at radius 3 is 2.77 bits per heavy atom. The van der Waals surface area contributed by atoms with Gasteiger partial charge in [-0.15, -0.1) is 0 Å². The number of fused-ring (bicyclic) bond motifs is 1. The summed E-state index contributed by atoms with van der Waals surface area (Å²) in [5, 5.41) is 9.32. The van der Waals surface area contributed by atoms with E-state index >= 15 is 0 Å². The third-order valence-electron chi connectivity index (χ3n) is 4.49. The Hall–Kier alpha value is -4.13. The highest BCUT2D eigenvalue weighted by atomic mass is 16.5. The molecule has 4 aromatic rings. The van der Waals surface area contributed by atoms with Gasteiger partial charge in [0.25, 0.3) is 0 Å². The number of carboxylic acids is 1. The molecule has 2 aromatic carbocycles. The summed E-state index contributed by atoms with van der Waals surface area (Å²) in [6.07, 6.45) is 5.37. The lowest BCUT2D eigenvalue weighted by molar-refractivity contribution is 0.0699. The van der Waals surface area contributed by atoms with Gasteiger partial charge in [0.05, 0.1) is 29.4 Å². The van der Waals surface area contributed by atoms with Crippen LogP contribution in [0, 0.1) is 0 Å². The van der Waals surface area contributed by atoms with E-state index in [0.29, 0.717) is 35.0 Å². The van der Waals surface area contributed by atoms with E-state index in [2.05, 4.69) is 15.0 Å². The number of hydrogen-bond donors (Lipinski definition) is 2. The van der Waals surface area contributed by atoms with Crippen molar-refractivity contribution in [1.29, 1.82) is 0 Å². The van der Waals surface area contributed by atoms with Crippen molar-refractivity contribution >= 4 is 29.2 Å². The summed E-state index contributed by atoms with van der Waals surface area (Å²) >= 11 is 0. The van der Waals surface area contributed by atoms with Crippen LogP contribution in [0.25, 0.3) is 23.2 Å². The highest BCUT2D eigenvalue weighted by Crippen LogP contribution is 2.29. The molecule has 0 unspecified atom stereocenters. The molecule has 4 rings (SSSR count). The van der Waals surface area contributed by atoms with Crippen LogP contribution in [0.15, 0.2) is 60.8 Å². The number of nitrogens with one attached hydrogen (secondary N) is 1. The number of aromatic nitrogens is 3. The molecule has 0 amide bonds. The summed E-state index contributed by atoms with van der Waals surface area (Å²) in [4.78, 5) is 23.1. The van der Waals surface area contributed by atoms with E-state index in [1.54, 1.807) is 37.6 Å². The summed E-state index contributed by atoms with van der Waals surface area (Å²) in [6, 6.07) is 16.2. The molecule has 0 radical (unpaired) electrons. The van der Waals surface area contributed by atoms with Crippen LogP contribution >= 0.6 is 0 Å². The Kier molecular flexibility index (Phi) is 5.43. The topological polar surface area (TPSA) is 97.3 Å². The Morgan fingerprint density at radius 2 is 2.00 bits per heavy atom. The van der Waals surface area contributed by atoms with E-state index in [4.69, 9.17) is 9.47 Å². The number of aromatic carboxylic acids is 1. The van der Waals surface area contributed by atoms with Crippen LogP contribution in [-0.4, -0.2) is 33.1 Å². The minimum absolute atomic E-state index is 0.189. The Labute approximate surface area is 172 Å². The minimum Gasteiger partial charge on any atom is -0.493 e. The molecule has 7 nitrogen and oxygen atoms in total. The van der Waals surface area contributed by atoms with Gasteiger partial charge in [-0.25, -0.2) is 9.78 Å². The van der Waals surface area contributed by atoms with Crippen molar-refractivity contribution in [3.63, 3.8) is 0 Å². The molecule has 0 atom stereocenters. The van der Waals surface area contributed by atoms with Crippen molar-refractivity contribution in [2.75, 3.05) is 7.11 Å². The van der Waals surface area contributed by atoms with E-state index in [-0.39, 0.29) is 5.56 Å². The zero-order chi connectivity index (χ0) is 20.9. The predicted molar refractivity (Wildman–Crippen MR) is 114 cm³/mol. The van der Waals surface area contributed by atoms with E-state index in [1.807, 2.05) is 42.5 Å². The van der Waals surface area contributed by atoms with E-state index < -0.39 is 5.97 Å². The summed E-state index contributed by atoms with van der Waals surface area (Å²) < 4.78 is 11.3. The maximum absolute atomic E-state index is 11.4. The number of carboxylic acid groups (broad SMARTS) is 1. The van der Waals surface area contributed by atoms with Crippen molar-refractivity contribution in [3.05, 3.63) is 83.4 Å². The normalized spacial score (nSPS) is 11.1. The number of H-pyrrole nitrogens is 1. The second-order valence-corrected chi connectivity index (χ2v) is 6.48. The Morgan fingerprint density at radius 1 is 1.10 bits per heavy atom. The second kappa shape index (κ2) is 8.48. The summed E-state index contributed by atoms with van der Waals surface area (Å²) in [7, 11) is 1.59. The summed E-state index contributed by atoms with van der Waals surface area (Å²) in [5.74, 6) is 0.788. The van der Waals surface area contributed by atoms with Gasteiger partial charge in [-0.3, -0.25) is 4.98 Å². The average molecular weight is 401 g/mol. The molecule has 0 fully saturated rings. The number of rotatable bonds is 7. The molecule has 0 aliphatic heterocycles. The standard InChI is InChI=1S/C23H19N3O4/c1-29-19-10-8-15(13-20(19)30-14-16-5-2-3-12-24-16)9-11-21-25-18-7-4-6-17(23(27)28)22(18)26-21/h2-13H,14H2,1H3,(H,25,26)(H,27,28). The van der Waals surface area contributed by atoms with E-state index in [9.17, 15) is 9.90 Å². The van der Waals surface area contributed by atoms with Crippen LogP contribution in [0.5, 0.6) is 11.5 Å². The van der Waals surface area contributed by atoms with Crippen LogP contribution in [0.3, 0.4) is 0 Å². The zero-order valence-corrected chi connectivity index (χ0v) is 16.2. The number of pyridine rings is 1. The maximum Gasteiger partial charge on any atom is 0.337 e. The van der Waals surface area contributed by atoms with Crippen LogP contribution in [0.2, 0.25) is 0 Å². The van der Waals surface area contributed by atoms with Crippen molar-refractivity contribution in [2.45, 2.75) is 6.61 Å². The lowest BCUT2D eigenvalue weighted by Crippen LogP contribution is -1.99. The highest BCUT2D eigenvalue weighted by molar-refractivity contribution is 6.01. The van der Waals surface area contributed by atoms with Crippen LogP contribution in [0.4, 0.5) is 0 Å². The number of aromatic amines is 1. The average Bonchev–Trinajstić information content (AvgIpc) is 3.20. The summed E-state index contributed by atoms with van der Waals surface area (Å²) in [6.45, 7) is 0.325. The number of methoxy groups -OCH3 is 1. The molecule has 0 saturated carbocycles. The van der Waals surface area contributed by atoms with Gasteiger partial charge < -0.3 is 19.6 Å². The number of ether oxygens (including phenoxy) is 2. The van der Waals surface area contributed by atoms with Gasteiger partial charge >= 0.3 is 5.97 Å². The number of imidazole rings is 1. The smallest absolute Gasteiger partial charge is 0.337 e. The molecule has 30 heavy (non-hydrogen) atoms. The molecule has 0 aliphatic rings. The minimum atomic E-state index is -0.996. The first kappa shape index (κ1) is 19.2.